The molecule has 0 unspecified atom stereocenters. The molecule has 0 amide bonds. The van der Waals surface area contributed by atoms with E-state index in [0.29, 0.717) is 22.4 Å². The van der Waals surface area contributed by atoms with E-state index in [4.69, 9.17) is 39.4 Å². The molecule has 2 rings (SSSR count). The molecular weight excluding hydrogens is 323 g/mol. The van der Waals surface area contributed by atoms with Gasteiger partial charge in [-0.05, 0) is 35.4 Å². The van der Waals surface area contributed by atoms with Crippen molar-refractivity contribution >= 4 is 35.4 Å². The molecule has 0 aromatic heterocycles. The Labute approximate surface area is 138 Å². The van der Waals surface area contributed by atoms with E-state index in [1.54, 1.807) is 12.1 Å². The van der Waals surface area contributed by atoms with Crippen LogP contribution in [-0.4, -0.2) is 12.2 Å². The van der Waals surface area contributed by atoms with Crippen molar-refractivity contribution in [3.8, 4) is 5.75 Å². The monoisotopic (exact) mass is 336 g/mol. The van der Waals surface area contributed by atoms with E-state index in [1.807, 2.05) is 30.3 Å². The molecule has 0 aliphatic heterocycles. The molecule has 0 aliphatic rings. The standard InChI is InChI=1S/C15H14Cl2N4O/c16-13-5-4-11(7-14(13)17)9-22-12-3-1-2-10(6-12)8-20-21-15(18)19/h1-8H,9H2,(H4,18,19,21)/b20-8+. The van der Waals surface area contributed by atoms with Gasteiger partial charge >= 0.3 is 0 Å². The zero-order chi connectivity index (χ0) is 15.9. The molecule has 2 aromatic rings. The topological polar surface area (TPSA) is 86.0 Å². The van der Waals surface area contributed by atoms with Gasteiger partial charge < -0.3 is 16.2 Å². The smallest absolute Gasteiger partial charge is 0.211 e. The predicted molar refractivity (Wildman–Crippen MR) is 90.6 cm³/mol. The van der Waals surface area contributed by atoms with Crippen LogP contribution in [0.4, 0.5) is 0 Å². The normalized spacial score (nSPS) is 10.6. The lowest BCUT2D eigenvalue weighted by molar-refractivity contribution is 0.306. The molecule has 0 spiro atoms. The van der Waals surface area contributed by atoms with Gasteiger partial charge in [0, 0.05) is 0 Å². The Bertz CT molecular complexity index is 712. The SMILES string of the molecule is NC(N)=N/N=C/c1cccc(OCc2ccc(Cl)c(Cl)c2)c1. The number of ether oxygens (including phenoxy) is 1. The number of rotatable bonds is 5. The van der Waals surface area contributed by atoms with Crippen molar-refractivity contribution in [1.29, 1.82) is 0 Å². The summed E-state index contributed by atoms with van der Waals surface area (Å²) in [7, 11) is 0. The Morgan fingerprint density at radius 3 is 2.64 bits per heavy atom. The second-order valence-corrected chi connectivity index (χ2v) is 5.19. The van der Waals surface area contributed by atoms with Gasteiger partial charge in [-0.1, -0.05) is 41.4 Å². The minimum absolute atomic E-state index is 0.0942. The first-order chi connectivity index (χ1) is 10.5. The molecule has 2 aromatic carbocycles. The summed E-state index contributed by atoms with van der Waals surface area (Å²) in [6, 6.07) is 12.7. The third kappa shape index (κ3) is 4.95. The average Bonchev–Trinajstić information content (AvgIpc) is 2.49. The molecule has 5 nitrogen and oxygen atoms in total. The van der Waals surface area contributed by atoms with Crippen LogP contribution in [0.25, 0.3) is 0 Å². The molecule has 114 valence electrons. The van der Waals surface area contributed by atoms with Crippen LogP contribution in [-0.2, 0) is 6.61 Å². The number of hydrogen-bond donors (Lipinski definition) is 2. The van der Waals surface area contributed by atoms with Crippen LogP contribution in [0.1, 0.15) is 11.1 Å². The van der Waals surface area contributed by atoms with Gasteiger partial charge in [-0.2, -0.15) is 5.10 Å². The Hall–Kier alpha value is -2.24. The van der Waals surface area contributed by atoms with Crippen molar-refractivity contribution in [2.45, 2.75) is 6.61 Å². The molecule has 0 saturated carbocycles. The largest absolute Gasteiger partial charge is 0.489 e. The van der Waals surface area contributed by atoms with Crippen LogP contribution < -0.4 is 16.2 Å². The zero-order valence-electron chi connectivity index (χ0n) is 11.5. The third-order valence-electron chi connectivity index (χ3n) is 2.63. The molecule has 0 atom stereocenters. The van der Waals surface area contributed by atoms with Gasteiger partial charge in [0.25, 0.3) is 0 Å². The summed E-state index contributed by atoms with van der Waals surface area (Å²) < 4.78 is 5.71. The number of hydrogen-bond acceptors (Lipinski definition) is 3. The summed E-state index contributed by atoms with van der Waals surface area (Å²) in [6.45, 7) is 0.380. The van der Waals surface area contributed by atoms with Gasteiger partial charge in [-0.3, -0.25) is 0 Å². The Balaban J connectivity index is 2.02. The molecular formula is C15H14Cl2N4O. The van der Waals surface area contributed by atoms with Crippen LogP contribution in [0.5, 0.6) is 5.75 Å². The van der Waals surface area contributed by atoms with Crippen LogP contribution in [0.15, 0.2) is 52.7 Å². The fraction of sp³-hybridized carbons (Fsp3) is 0.0667. The summed E-state index contributed by atoms with van der Waals surface area (Å²) in [5, 5.41) is 8.30. The minimum atomic E-state index is -0.0942. The van der Waals surface area contributed by atoms with Gasteiger partial charge in [0.15, 0.2) is 0 Å². The van der Waals surface area contributed by atoms with Gasteiger partial charge in [-0.15, -0.1) is 5.10 Å². The van der Waals surface area contributed by atoms with Crippen molar-refractivity contribution in [3.05, 3.63) is 63.6 Å². The molecule has 22 heavy (non-hydrogen) atoms. The van der Waals surface area contributed by atoms with E-state index < -0.39 is 0 Å². The Morgan fingerprint density at radius 2 is 1.91 bits per heavy atom. The summed E-state index contributed by atoms with van der Waals surface area (Å²) in [6.07, 6.45) is 1.53. The second-order valence-electron chi connectivity index (χ2n) is 4.38. The van der Waals surface area contributed by atoms with Crippen molar-refractivity contribution < 1.29 is 4.74 Å². The van der Waals surface area contributed by atoms with E-state index in [-0.39, 0.29) is 5.96 Å². The minimum Gasteiger partial charge on any atom is -0.489 e. The lowest BCUT2D eigenvalue weighted by Gasteiger charge is -2.07. The zero-order valence-corrected chi connectivity index (χ0v) is 13.1. The quantitative estimate of drug-likeness (QED) is 0.499. The summed E-state index contributed by atoms with van der Waals surface area (Å²) >= 11 is 11.8. The van der Waals surface area contributed by atoms with Crippen LogP contribution in [0.2, 0.25) is 10.0 Å². The maximum absolute atomic E-state index is 5.97. The molecule has 4 N–H and O–H groups in total. The first-order valence-corrected chi connectivity index (χ1v) is 7.09. The van der Waals surface area contributed by atoms with E-state index in [0.717, 1.165) is 11.1 Å². The fourth-order valence-corrected chi connectivity index (χ4v) is 1.96. The Morgan fingerprint density at radius 1 is 1.09 bits per heavy atom. The highest BCUT2D eigenvalue weighted by atomic mass is 35.5. The highest BCUT2D eigenvalue weighted by molar-refractivity contribution is 6.42. The third-order valence-corrected chi connectivity index (χ3v) is 3.37. The van der Waals surface area contributed by atoms with Gasteiger partial charge in [0.1, 0.15) is 12.4 Å². The van der Waals surface area contributed by atoms with Gasteiger partial charge in [0.05, 0.1) is 16.3 Å². The highest BCUT2D eigenvalue weighted by Gasteiger charge is 2.01. The van der Waals surface area contributed by atoms with E-state index in [1.165, 1.54) is 6.21 Å². The molecule has 0 bridgehead atoms. The van der Waals surface area contributed by atoms with E-state index in [9.17, 15) is 0 Å². The van der Waals surface area contributed by atoms with Crippen molar-refractivity contribution in [2.75, 3.05) is 0 Å². The molecule has 0 aliphatic carbocycles. The van der Waals surface area contributed by atoms with Crippen LogP contribution in [0, 0.1) is 0 Å². The van der Waals surface area contributed by atoms with Crippen molar-refractivity contribution in [1.82, 2.24) is 0 Å². The molecule has 0 heterocycles. The van der Waals surface area contributed by atoms with E-state index >= 15 is 0 Å². The molecule has 7 heteroatoms. The van der Waals surface area contributed by atoms with Gasteiger partial charge in [-0.25, -0.2) is 0 Å². The average molecular weight is 337 g/mol. The van der Waals surface area contributed by atoms with E-state index in [2.05, 4.69) is 10.2 Å². The second kappa shape index (κ2) is 7.68. The summed E-state index contributed by atoms with van der Waals surface area (Å²) in [4.78, 5) is 0. The van der Waals surface area contributed by atoms with Crippen LogP contribution >= 0.6 is 23.2 Å². The number of benzene rings is 2. The lowest BCUT2D eigenvalue weighted by atomic mass is 10.2. The number of nitrogens with two attached hydrogens (primary N) is 2. The molecule has 0 saturated heterocycles. The first-order valence-electron chi connectivity index (χ1n) is 6.33. The van der Waals surface area contributed by atoms with Gasteiger partial charge in [0.2, 0.25) is 5.96 Å². The summed E-state index contributed by atoms with van der Waals surface area (Å²) in [5.41, 5.74) is 12.1. The fourth-order valence-electron chi connectivity index (χ4n) is 1.64. The van der Waals surface area contributed by atoms with Crippen molar-refractivity contribution in [2.24, 2.45) is 21.7 Å². The Kier molecular flexibility index (Phi) is 5.63. The number of nitrogens with zero attached hydrogens (tertiary/aromatic N) is 2. The van der Waals surface area contributed by atoms with Crippen LogP contribution in [0.3, 0.4) is 0 Å². The van der Waals surface area contributed by atoms with Crippen molar-refractivity contribution in [3.63, 3.8) is 0 Å². The maximum atomic E-state index is 5.97. The highest BCUT2D eigenvalue weighted by Crippen LogP contribution is 2.23. The molecule has 0 radical (unpaired) electrons. The summed E-state index contributed by atoms with van der Waals surface area (Å²) in [5.74, 6) is 0.600. The first kappa shape index (κ1) is 16.1. The molecule has 0 fully saturated rings. The number of guanidine groups is 1. The maximum Gasteiger partial charge on any atom is 0.211 e. The number of halogens is 2. The lowest BCUT2D eigenvalue weighted by Crippen LogP contribution is -2.21. The predicted octanol–water partition coefficient (Wildman–Crippen LogP) is 3.18.